The van der Waals surface area contributed by atoms with Gasteiger partial charge in [0.1, 0.15) is 0 Å². The first-order valence-electron chi connectivity index (χ1n) is 2.63. The summed E-state index contributed by atoms with van der Waals surface area (Å²) in [7, 11) is 0. The molecular formula is C6H9S. The molecule has 0 spiro atoms. The van der Waals surface area contributed by atoms with Gasteiger partial charge < -0.3 is 0 Å². The molecule has 0 atom stereocenters. The molecule has 1 heteroatoms. The van der Waals surface area contributed by atoms with Crippen molar-refractivity contribution in [2.45, 2.75) is 19.8 Å². The van der Waals surface area contributed by atoms with E-state index in [4.69, 9.17) is 12.2 Å². The minimum Gasteiger partial charge on any atom is -0.0928 e. The van der Waals surface area contributed by atoms with Gasteiger partial charge in [-0.05, 0) is 24.1 Å². The molecule has 0 aliphatic heterocycles. The SMILES string of the molecule is CC1C[C](C=S)C1. The van der Waals surface area contributed by atoms with Gasteiger partial charge in [-0.25, -0.2) is 0 Å². The fourth-order valence-electron chi connectivity index (χ4n) is 0.932. The Bertz CT molecular complexity index is 72.2. The van der Waals surface area contributed by atoms with E-state index in [1.165, 1.54) is 18.8 Å². The second kappa shape index (κ2) is 1.91. The average molecular weight is 113 g/mol. The molecule has 0 aromatic heterocycles. The van der Waals surface area contributed by atoms with Crippen LogP contribution in [-0.2, 0) is 0 Å². The summed E-state index contributed by atoms with van der Waals surface area (Å²) in [5, 5.41) is 1.82. The third-order valence-electron chi connectivity index (χ3n) is 1.39. The molecule has 0 aromatic carbocycles. The molecule has 1 saturated carbocycles. The van der Waals surface area contributed by atoms with Gasteiger partial charge in [0.2, 0.25) is 0 Å². The van der Waals surface area contributed by atoms with Gasteiger partial charge in [0.25, 0.3) is 0 Å². The molecule has 0 heterocycles. The molecule has 1 fully saturated rings. The van der Waals surface area contributed by atoms with Crippen LogP contribution in [0.4, 0.5) is 0 Å². The number of thiocarbonyl (C=S) groups is 1. The first-order valence-corrected chi connectivity index (χ1v) is 3.10. The second-order valence-electron chi connectivity index (χ2n) is 2.29. The van der Waals surface area contributed by atoms with Crippen LogP contribution in [0.25, 0.3) is 0 Å². The van der Waals surface area contributed by atoms with Crippen molar-refractivity contribution in [3.05, 3.63) is 5.92 Å². The highest BCUT2D eigenvalue weighted by atomic mass is 32.1. The maximum atomic E-state index is 4.72. The highest BCUT2D eigenvalue weighted by Gasteiger charge is 2.22. The van der Waals surface area contributed by atoms with E-state index >= 15 is 0 Å². The third-order valence-corrected chi connectivity index (χ3v) is 1.72. The van der Waals surface area contributed by atoms with Crippen LogP contribution in [0.1, 0.15) is 19.8 Å². The molecule has 7 heavy (non-hydrogen) atoms. The van der Waals surface area contributed by atoms with Gasteiger partial charge in [-0.2, -0.15) is 0 Å². The van der Waals surface area contributed by atoms with E-state index in [-0.39, 0.29) is 0 Å². The summed E-state index contributed by atoms with van der Waals surface area (Å²) in [6.45, 7) is 2.25. The van der Waals surface area contributed by atoms with Crippen LogP contribution in [0.15, 0.2) is 0 Å². The molecule has 1 aliphatic carbocycles. The van der Waals surface area contributed by atoms with E-state index in [1.807, 2.05) is 5.37 Å². The highest BCUT2D eigenvalue weighted by molar-refractivity contribution is 7.79. The summed E-state index contributed by atoms with van der Waals surface area (Å²) < 4.78 is 0. The van der Waals surface area contributed by atoms with E-state index in [2.05, 4.69) is 6.92 Å². The smallest absolute Gasteiger partial charge is 0.00907 e. The highest BCUT2D eigenvalue weighted by Crippen LogP contribution is 2.33. The van der Waals surface area contributed by atoms with Gasteiger partial charge in [0.05, 0.1) is 0 Å². The lowest BCUT2D eigenvalue weighted by Gasteiger charge is -2.28. The molecule has 0 bridgehead atoms. The van der Waals surface area contributed by atoms with Crippen LogP contribution < -0.4 is 0 Å². The topological polar surface area (TPSA) is 0 Å². The van der Waals surface area contributed by atoms with Crippen molar-refractivity contribution in [3.63, 3.8) is 0 Å². The number of hydrogen-bond acceptors (Lipinski definition) is 1. The maximum absolute atomic E-state index is 4.72. The summed E-state index contributed by atoms with van der Waals surface area (Å²) in [5.74, 6) is 2.37. The normalized spacial score (nSPS) is 24.1. The Morgan fingerprint density at radius 2 is 2.29 bits per heavy atom. The number of hydrogen-bond donors (Lipinski definition) is 0. The molecule has 0 aromatic rings. The van der Waals surface area contributed by atoms with Crippen molar-refractivity contribution in [1.29, 1.82) is 0 Å². The molecule has 1 radical (unpaired) electrons. The Balaban J connectivity index is 2.17. The fourth-order valence-corrected chi connectivity index (χ4v) is 1.12. The zero-order valence-corrected chi connectivity index (χ0v) is 5.29. The Labute approximate surface area is 49.9 Å². The lowest BCUT2D eigenvalue weighted by Crippen LogP contribution is -2.18. The zero-order valence-electron chi connectivity index (χ0n) is 4.48. The quantitative estimate of drug-likeness (QED) is 0.469. The molecule has 0 amide bonds. The Kier molecular flexibility index (Phi) is 1.43. The minimum absolute atomic E-state index is 0.911. The third kappa shape index (κ3) is 1.00. The average Bonchev–Trinajstić information content (AvgIpc) is 1.58. The standard InChI is InChI=1S/C6H9S/c1-5-2-6(3-5)4-7/h4-5H,2-3H2,1H3. The predicted molar refractivity (Wildman–Crippen MR) is 35.3 cm³/mol. The van der Waals surface area contributed by atoms with E-state index in [0.717, 1.165) is 5.92 Å². The molecule has 0 nitrogen and oxygen atoms in total. The van der Waals surface area contributed by atoms with Crippen LogP contribution in [-0.4, -0.2) is 5.37 Å². The molecule has 0 saturated heterocycles. The lowest BCUT2D eigenvalue weighted by atomic mass is 9.78. The van der Waals surface area contributed by atoms with E-state index in [9.17, 15) is 0 Å². The van der Waals surface area contributed by atoms with E-state index in [1.54, 1.807) is 0 Å². The van der Waals surface area contributed by atoms with Crippen LogP contribution in [0.5, 0.6) is 0 Å². The first kappa shape index (κ1) is 5.23. The maximum Gasteiger partial charge on any atom is 0.00907 e. The van der Waals surface area contributed by atoms with E-state index < -0.39 is 0 Å². The molecule has 39 valence electrons. The lowest BCUT2D eigenvalue weighted by molar-refractivity contribution is 0.425. The monoisotopic (exact) mass is 113 g/mol. The molecule has 1 rings (SSSR count). The van der Waals surface area contributed by atoms with Gasteiger partial charge in [0.15, 0.2) is 0 Å². The Morgan fingerprint density at radius 3 is 2.43 bits per heavy atom. The Hall–Kier alpha value is 0.0900. The second-order valence-corrected chi connectivity index (χ2v) is 2.53. The van der Waals surface area contributed by atoms with Crippen LogP contribution >= 0.6 is 12.2 Å². The van der Waals surface area contributed by atoms with Crippen molar-refractivity contribution in [2.75, 3.05) is 0 Å². The molecule has 0 N–H and O–H groups in total. The van der Waals surface area contributed by atoms with Crippen LogP contribution in [0, 0.1) is 11.8 Å². The van der Waals surface area contributed by atoms with Gasteiger partial charge in [0, 0.05) is 5.92 Å². The fraction of sp³-hybridized carbons (Fsp3) is 0.667. The largest absolute Gasteiger partial charge is 0.0928 e. The van der Waals surface area contributed by atoms with Crippen molar-refractivity contribution >= 4 is 17.6 Å². The predicted octanol–water partition coefficient (Wildman–Crippen LogP) is 1.99. The zero-order chi connectivity index (χ0) is 5.28. The van der Waals surface area contributed by atoms with Gasteiger partial charge in [-0.15, -0.1) is 0 Å². The first-order chi connectivity index (χ1) is 3.33. The van der Waals surface area contributed by atoms with Crippen molar-refractivity contribution in [1.82, 2.24) is 0 Å². The molecule has 0 unspecified atom stereocenters. The Morgan fingerprint density at radius 1 is 1.71 bits per heavy atom. The van der Waals surface area contributed by atoms with Gasteiger partial charge in [-0.1, -0.05) is 19.1 Å². The summed E-state index contributed by atoms with van der Waals surface area (Å²) in [4.78, 5) is 0. The molecular weight excluding hydrogens is 104 g/mol. The van der Waals surface area contributed by atoms with Crippen molar-refractivity contribution in [2.24, 2.45) is 5.92 Å². The van der Waals surface area contributed by atoms with Gasteiger partial charge >= 0.3 is 0 Å². The summed E-state index contributed by atoms with van der Waals surface area (Å²) in [6, 6.07) is 0. The molecule has 1 aliphatic rings. The minimum atomic E-state index is 0.911. The van der Waals surface area contributed by atoms with Crippen LogP contribution in [0.2, 0.25) is 0 Å². The van der Waals surface area contributed by atoms with Gasteiger partial charge in [-0.3, -0.25) is 0 Å². The van der Waals surface area contributed by atoms with E-state index in [0.29, 0.717) is 0 Å². The van der Waals surface area contributed by atoms with Crippen molar-refractivity contribution in [3.8, 4) is 0 Å². The van der Waals surface area contributed by atoms with Crippen LogP contribution in [0.3, 0.4) is 0 Å². The summed E-state index contributed by atoms with van der Waals surface area (Å²) in [5.41, 5.74) is 0. The number of rotatable bonds is 1. The summed E-state index contributed by atoms with van der Waals surface area (Å²) >= 11 is 4.72. The summed E-state index contributed by atoms with van der Waals surface area (Å²) in [6.07, 6.45) is 2.51. The van der Waals surface area contributed by atoms with Crippen molar-refractivity contribution < 1.29 is 0 Å².